The number of nitrogens with zero attached hydrogens (tertiary/aromatic N) is 2. The molecule has 0 aromatic heterocycles. The number of thioether (sulfide) groups is 1. The second-order valence-corrected chi connectivity index (χ2v) is 9.82. The number of ether oxygens (including phenoxy) is 1. The van der Waals surface area contributed by atoms with Crippen molar-refractivity contribution in [3.63, 3.8) is 0 Å². The summed E-state index contributed by atoms with van der Waals surface area (Å²) in [6.45, 7) is 7.06. The highest BCUT2D eigenvalue weighted by Crippen LogP contribution is 2.34. The predicted octanol–water partition coefficient (Wildman–Crippen LogP) is 7.21. The maximum absolute atomic E-state index is 14.7. The third kappa shape index (κ3) is 7.15. The minimum atomic E-state index is -4.26. The molecule has 3 nitrogen and oxygen atoms in total. The Hall–Kier alpha value is -2.71. The van der Waals surface area contributed by atoms with Crippen molar-refractivity contribution in [3.8, 4) is 11.5 Å². The van der Waals surface area contributed by atoms with Crippen molar-refractivity contribution in [3.05, 3.63) is 83.2 Å². The summed E-state index contributed by atoms with van der Waals surface area (Å²) in [6, 6.07) is 18.8. The van der Waals surface area contributed by atoms with E-state index in [9.17, 15) is 17.6 Å². The Kier molecular flexibility index (Phi) is 7.91. The molecule has 35 heavy (non-hydrogen) atoms. The molecular formula is C27H28F4N2OS. The van der Waals surface area contributed by atoms with Gasteiger partial charge < -0.3 is 9.64 Å². The summed E-state index contributed by atoms with van der Waals surface area (Å²) in [7, 11) is 0. The molecule has 0 spiro atoms. The molecule has 1 saturated heterocycles. The van der Waals surface area contributed by atoms with E-state index in [-0.39, 0.29) is 0 Å². The molecule has 1 fully saturated rings. The first-order valence-corrected chi connectivity index (χ1v) is 12.5. The topological polar surface area (TPSA) is 15.7 Å². The minimum absolute atomic E-state index is 0.369. The number of halogens is 4. The van der Waals surface area contributed by atoms with Gasteiger partial charge in [0, 0.05) is 37.6 Å². The lowest BCUT2D eigenvalue weighted by Gasteiger charge is -2.36. The highest BCUT2D eigenvalue weighted by Gasteiger charge is 2.28. The lowest BCUT2D eigenvalue weighted by molar-refractivity contribution is -0.105. The highest BCUT2D eigenvalue weighted by molar-refractivity contribution is 7.99. The number of benzene rings is 3. The van der Waals surface area contributed by atoms with Crippen LogP contribution in [0.25, 0.3) is 0 Å². The van der Waals surface area contributed by atoms with Crippen LogP contribution >= 0.6 is 11.8 Å². The number of rotatable bonds is 7. The Balaban J connectivity index is 1.36. The molecule has 186 valence electrons. The average molecular weight is 505 g/mol. The van der Waals surface area contributed by atoms with E-state index in [2.05, 4.69) is 11.0 Å². The quantitative estimate of drug-likeness (QED) is 0.249. The van der Waals surface area contributed by atoms with Crippen molar-refractivity contribution in [1.82, 2.24) is 4.90 Å². The summed E-state index contributed by atoms with van der Waals surface area (Å²) in [4.78, 5) is 4.67. The van der Waals surface area contributed by atoms with Gasteiger partial charge in [-0.05, 0) is 61.4 Å². The molecule has 1 aliphatic rings. The number of hydrogen-bond acceptors (Lipinski definition) is 4. The van der Waals surface area contributed by atoms with Crippen molar-refractivity contribution in [1.29, 1.82) is 0 Å². The van der Waals surface area contributed by atoms with E-state index in [4.69, 9.17) is 4.74 Å². The summed E-state index contributed by atoms with van der Waals surface area (Å²) >= 11 is 0.705. The van der Waals surface area contributed by atoms with Crippen molar-refractivity contribution >= 4 is 17.4 Å². The number of aryl methyl sites for hydroxylation is 2. The van der Waals surface area contributed by atoms with Crippen molar-refractivity contribution < 1.29 is 22.3 Å². The van der Waals surface area contributed by atoms with Crippen molar-refractivity contribution in [2.24, 2.45) is 0 Å². The average Bonchev–Trinajstić information content (AvgIpc) is 2.80. The van der Waals surface area contributed by atoms with Gasteiger partial charge in [0.2, 0.25) is 0 Å². The zero-order valence-electron chi connectivity index (χ0n) is 19.7. The van der Waals surface area contributed by atoms with E-state index in [0.717, 1.165) is 36.7 Å². The monoisotopic (exact) mass is 504 g/mol. The first-order chi connectivity index (χ1) is 16.7. The first kappa shape index (κ1) is 25.4. The van der Waals surface area contributed by atoms with Crippen LogP contribution in [0.1, 0.15) is 16.7 Å². The Morgan fingerprint density at radius 1 is 0.886 bits per heavy atom. The summed E-state index contributed by atoms with van der Waals surface area (Å²) in [6.07, 6.45) is -4.26. The molecule has 0 bridgehead atoms. The molecule has 0 radical (unpaired) electrons. The van der Waals surface area contributed by atoms with Gasteiger partial charge in [-0.15, -0.1) is 11.8 Å². The van der Waals surface area contributed by atoms with Gasteiger partial charge >= 0.3 is 6.18 Å². The molecule has 3 aromatic carbocycles. The SMILES string of the molecule is Cc1ccc(Oc2cccc(CN3CCN(c4cc(SCC(F)(F)F)c(C)cc4F)CC3)c2)cc1. The smallest absolute Gasteiger partial charge is 0.398 e. The third-order valence-corrected chi connectivity index (χ3v) is 7.13. The molecule has 3 aromatic rings. The van der Waals surface area contributed by atoms with Crippen LogP contribution in [0.2, 0.25) is 0 Å². The van der Waals surface area contributed by atoms with E-state index in [1.807, 2.05) is 54.3 Å². The minimum Gasteiger partial charge on any atom is -0.457 e. The lowest BCUT2D eigenvalue weighted by atomic mass is 10.1. The molecule has 0 atom stereocenters. The summed E-state index contributed by atoms with van der Waals surface area (Å²) < 4.78 is 58.6. The molecular weight excluding hydrogens is 476 g/mol. The van der Waals surface area contributed by atoms with E-state index >= 15 is 0 Å². The standard InChI is InChI=1S/C27H28F4N2OS/c1-19-6-8-22(9-7-19)34-23-5-3-4-21(15-23)17-32-10-12-33(13-11-32)25-16-26(20(2)14-24(25)28)35-18-27(29,30)31/h3-9,14-16H,10-13,17-18H2,1-2H3. The van der Waals surface area contributed by atoms with Gasteiger partial charge in [-0.3, -0.25) is 4.90 Å². The third-order valence-electron chi connectivity index (χ3n) is 5.91. The van der Waals surface area contributed by atoms with Crippen molar-refractivity contribution in [2.45, 2.75) is 31.5 Å². The van der Waals surface area contributed by atoms with Crippen LogP contribution in [-0.4, -0.2) is 43.0 Å². The maximum atomic E-state index is 14.7. The molecule has 4 rings (SSSR count). The lowest BCUT2D eigenvalue weighted by Crippen LogP contribution is -2.46. The Morgan fingerprint density at radius 3 is 2.29 bits per heavy atom. The van der Waals surface area contributed by atoms with E-state index in [1.54, 1.807) is 13.0 Å². The molecule has 0 amide bonds. The molecule has 1 aliphatic heterocycles. The predicted molar refractivity (Wildman–Crippen MR) is 133 cm³/mol. The van der Waals surface area contributed by atoms with Gasteiger partial charge in [-0.1, -0.05) is 29.8 Å². The summed E-state index contributed by atoms with van der Waals surface area (Å²) in [5.41, 5.74) is 3.18. The van der Waals surface area contributed by atoms with Crippen LogP contribution < -0.4 is 9.64 Å². The van der Waals surface area contributed by atoms with E-state index in [0.29, 0.717) is 41.0 Å². The van der Waals surface area contributed by atoms with E-state index in [1.165, 1.54) is 11.6 Å². The molecule has 1 heterocycles. The van der Waals surface area contributed by atoms with Crippen LogP contribution in [0.3, 0.4) is 0 Å². The number of anilines is 1. The second kappa shape index (κ2) is 10.9. The van der Waals surface area contributed by atoms with Crippen LogP contribution in [0.5, 0.6) is 11.5 Å². The van der Waals surface area contributed by atoms with Crippen LogP contribution in [0.15, 0.2) is 65.6 Å². The molecule has 0 aliphatic carbocycles. The largest absolute Gasteiger partial charge is 0.457 e. The summed E-state index contributed by atoms with van der Waals surface area (Å²) in [5, 5.41) is 0. The van der Waals surface area contributed by atoms with E-state index < -0.39 is 17.7 Å². The molecule has 0 saturated carbocycles. The Morgan fingerprint density at radius 2 is 1.60 bits per heavy atom. The molecule has 0 unspecified atom stereocenters. The van der Waals surface area contributed by atoms with Gasteiger partial charge in [0.25, 0.3) is 0 Å². The number of alkyl halides is 3. The maximum Gasteiger partial charge on any atom is 0.398 e. The van der Waals surface area contributed by atoms with Crippen LogP contribution in [0.4, 0.5) is 23.2 Å². The van der Waals surface area contributed by atoms with Gasteiger partial charge in [0.15, 0.2) is 0 Å². The number of hydrogen-bond donors (Lipinski definition) is 0. The Labute approximate surface area is 207 Å². The highest BCUT2D eigenvalue weighted by atomic mass is 32.2. The zero-order chi connectivity index (χ0) is 25.0. The zero-order valence-corrected chi connectivity index (χ0v) is 20.6. The first-order valence-electron chi connectivity index (χ1n) is 11.5. The van der Waals surface area contributed by atoms with Crippen LogP contribution in [0, 0.1) is 19.7 Å². The van der Waals surface area contributed by atoms with Crippen LogP contribution in [-0.2, 0) is 6.54 Å². The fourth-order valence-electron chi connectivity index (χ4n) is 4.05. The van der Waals surface area contributed by atoms with Gasteiger partial charge in [0.05, 0.1) is 11.4 Å². The van der Waals surface area contributed by atoms with Crippen molar-refractivity contribution in [2.75, 3.05) is 36.8 Å². The van der Waals surface area contributed by atoms with Gasteiger partial charge in [-0.2, -0.15) is 13.2 Å². The second-order valence-electron chi connectivity index (χ2n) is 8.80. The fraction of sp³-hybridized carbons (Fsp3) is 0.333. The van der Waals surface area contributed by atoms with Gasteiger partial charge in [-0.25, -0.2) is 4.39 Å². The molecule has 0 N–H and O–H groups in total. The van der Waals surface area contributed by atoms with Gasteiger partial charge in [0.1, 0.15) is 17.3 Å². The normalized spacial score (nSPS) is 14.9. The Bertz CT molecular complexity index is 1140. The fourth-order valence-corrected chi connectivity index (χ4v) is 4.86. The summed E-state index contributed by atoms with van der Waals surface area (Å²) in [5.74, 6) is 0.178. The number of piperazine rings is 1. The molecule has 8 heteroatoms.